The minimum atomic E-state index is -1.02. The monoisotopic (exact) mass is 433 g/mol. The van der Waals surface area contributed by atoms with Gasteiger partial charge in [0.05, 0.1) is 7.14 Å². The Balaban J connectivity index is 2.92. The molecule has 0 amide bonds. The standard InChI is InChI=1S/C9H9I2NO3/c10-5-1-4(2-6(11)8(5)13)3-7(12)9(14)15/h1-2,7,13H,3,12H2,(H,14,15)/t7-/m1/s1. The molecule has 0 fully saturated rings. The molecule has 6 heteroatoms. The number of phenolic OH excluding ortho intramolecular Hbond substituents is 1. The summed E-state index contributed by atoms with van der Waals surface area (Å²) in [5.74, 6) is -0.795. The van der Waals surface area contributed by atoms with Crippen molar-refractivity contribution in [3.63, 3.8) is 0 Å². The molecule has 0 aliphatic rings. The van der Waals surface area contributed by atoms with Crippen LogP contribution in [-0.2, 0) is 11.2 Å². The molecule has 0 radical (unpaired) electrons. The molecule has 1 rings (SSSR count). The van der Waals surface area contributed by atoms with Crippen molar-refractivity contribution in [1.29, 1.82) is 0 Å². The van der Waals surface area contributed by atoms with Crippen molar-refractivity contribution in [2.24, 2.45) is 5.73 Å². The van der Waals surface area contributed by atoms with Crippen LogP contribution in [0.2, 0.25) is 0 Å². The first kappa shape index (κ1) is 13.0. The molecule has 0 heterocycles. The summed E-state index contributed by atoms with van der Waals surface area (Å²) in [5, 5.41) is 18.2. The Bertz CT molecular complexity index is 372. The zero-order valence-corrected chi connectivity index (χ0v) is 11.9. The highest BCUT2D eigenvalue weighted by Gasteiger charge is 2.14. The number of nitrogens with two attached hydrogens (primary N) is 1. The molecule has 0 bridgehead atoms. The zero-order chi connectivity index (χ0) is 11.6. The maximum atomic E-state index is 10.6. The van der Waals surface area contributed by atoms with Crippen molar-refractivity contribution >= 4 is 51.2 Å². The van der Waals surface area contributed by atoms with Gasteiger partial charge in [0.25, 0.3) is 0 Å². The quantitative estimate of drug-likeness (QED) is 0.633. The van der Waals surface area contributed by atoms with Gasteiger partial charge in [0.2, 0.25) is 0 Å². The molecule has 0 aliphatic heterocycles. The van der Waals surface area contributed by atoms with Gasteiger partial charge in [-0.3, -0.25) is 4.79 Å². The second-order valence-corrected chi connectivity index (χ2v) is 5.38. The topological polar surface area (TPSA) is 83.5 Å². The molecule has 15 heavy (non-hydrogen) atoms. The van der Waals surface area contributed by atoms with Crippen LogP contribution in [0.4, 0.5) is 0 Å². The third-order valence-corrected chi connectivity index (χ3v) is 3.49. The minimum absolute atomic E-state index is 0.226. The SMILES string of the molecule is N[C@H](Cc1cc(I)c(O)c(I)c1)C(=O)O. The summed E-state index contributed by atoms with van der Waals surface area (Å²) in [7, 11) is 0. The van der Waals surface area contributed by atoms with Crippen LogP contribution in [0.25, 0.3) is 0 Å². The summed E-state index contributed by atoms with van der Waals surface area (Å²) < 4.78 is 1.40. The molecule has 0 aromatic heterocycles. The first-order chi connectivity index (χ1) is 6.91. The van der Waals surface area contributed by atoms with Crippen LogP contribution in [0.1, 0.15) is 5.56 Å². The Kier molecular flexibility index (Phi) is 4.59. The van der Waals surface area contributed by atoms with Crippen molar-refractivity contribution in [3.8, 4) is 5.75 Å². The fourth-order valence-electron chi connectivity index (χ4n) is 1.08. The largest absolute Gasteiger partial charge is 0.506 e. The van der Waals surface area contributed by atoms with Gasteiger partial charge in [-0.25, -0.2) is 0 Å². The Labute approximate surface area is 114 Å². The van der Waals surface area contributed by atoms with Crippen LogP contribution in [0, 0.1) is 7.14 Å². The zero-order valence-electron chi connectivity index (χ0n) is 7.58. The van der Waals surface area contributed by atoms with Crippen LogP contribution < -0.4 is 5.73 Å². The first-order valence-corrected chi connectivity index (χ1v) is 6.23. The summed E-state index contributed by atoms with van der Waals surface area (Å²) in [6, 6.07) is 2.57. The maximum absolute atomic E-state index is 10.6. The Morgan fingerprint density at radius 3 is 2.27 bits per heavy atom. The van der Waals surface area contributed by atoms with Crippen molar-refractivity contribution in [3.05, 3.63) is 24.8 Å². The van der Waals surface area contributed by atoms with E-state index in [0.717, 1.165) is 5.56 Å². The second-order valence-electron chi connectivity index (χ2n) is 3.06. The number of aromatic hydroxyl groups is 1. The Morgan fingerprint density at radius 2 is 1.87 bits per heavy atom. The molecule has 1 aromatic carbocycles. The van der Waals surface area contributed by atoms with Crippen molar-refractivity contribution in [2.75, 3.05) is 0 Å². The van der Waals surface area contributed by atoms with E-state index in [0.29, 0.717) is 7.14 Å². The summed E-state index contributed by atoms with van der Waals surface area (Å²) in [6.45, 7) is 0. The number of halogens is 2. The molecular formula is C9H9I2NO3. The van der Waals surface area contributed by atoms with Crippen LogP contribution >= 0.6 is 45.2 Å². The van der Waals surface area contributed by atoms with E-state index in [-0.39, 0.29) is 12.2 Å². The molecular weight excluding hydrogens is 424 g/mol. The Hall–Kier alpha value is -0.0900. The van der Waals surface area contributed by atoms with E-state index >= 15 is 0 Å². The molecule has 0 saturated heterocycles. The van der Waals surface area contributed by atoms with E-state index in [1.54, 1.807) is 12.1 Å². The molecule has 1 aromatic rings. The van der Waals surface area contributed by atoms with Crippen molar-refractivity contribution < 1.29 is 15.0 Å². The van der Waals surface area contributed by atoms with Gasteiger partial charge in [0, 0.05) is 0 Å². The number of phenols is 1. The lowest BCUT2D eigenvalue weighted by Crippen LogP contribution is -2.32. The Morgan fingerprint density at radius 1 is 1.40 bits per heavy atom. The van der Waals surface area contributed by atoms with Crippen LogP contribution in [0.5, 0.6) is 5.75 Å². The number of carboxylic acid groups (broad SMARTS) is 1. The average molecular weight is 433 g/mol. The van der Waals surface area contributed by atoms with E-state index in [9.17, 15) is 9.90 Å². The highest BCUT2D eigenvalue weighted by Crippen LogP contribution is 2.27. The van der Waals surface area contributed by atoms with E-state index < -0.39 is 12.0 Å². The van der Waals surface area contributed by atoms with Gasteiger partial charge < -0.3 is 15.9 Å². The number of aliphatic carboxylic acids is 1. The van der Waals surface area contributed by atoms with Gasteiger partial charge >= 0.3 is 5.97 Å². The number of hydrogen-bond acceptors (Lipinski definition) is 3. The molecule has 0 saturated carbocycles. The first-order valence-electron chi connectivity index (χ1n) is 4.07. The fourth-order valence-corrected chi connectivity index (χ4v) is 2.97. The molecule has 1 atom stereocenters. The van der Waals surface area contributed by atoms with Gasteiger partial charge in [-0.2, -0.15) is 0 Å². The fraction of sp³-hybridized carbons (Fsp3) is 0.222. The predicted octanol–water partition coefficient (Wildman–Crippen LogP) is 1.56. The average Bonchev–Trinajstić information content (AvgIpc) is 2.13. The number of hydrogen-bond donors (Lipinski definition) is 3. The van der Waals surface area contributed by atoms with Gasteiger partial charge in [0.15, 0.2) is 0 Å². The van der Waals surface area contributed by atoms with Gasteiger partial charge in [-0.05, 0) is 69.3 Å². The minimum Gasteiger partial charge on any atom is -0.506 e. The third-order valence-electron chi connectivity index (χ3n) is 1.85. The van der Waals surface area contributed by atoms with Crippen LogP contribution in [-0.4, -0.2) is 22.2 Å². The molecule has 0 aliphatic carbocycles. The van der Waals surface area contributed by atoms with Crippen LogP contribution in [0.3, 0.4) is 0 Å². The number of carboxylic acids is 1. The van der Waals surface area contributed by atoms with E-state index in [4.69, 9.17) is 10.8 Å². The second kappa shape index (κ2) is 5.30. The molecule has 0 spiro atoms. The molecule has 82 valence electrons. The number of carbonyl (C=O) groups is 1. The summed E-state index contributed by atoms with van der Waals surface area (Å²) >= 11 is 3.99. The summed E-state index contributed by atoms with van der Waals surface area (Å²) in [4.78, 5) is 10.6. The maximum Gasteiger partial charge on any atom is 0.320 e. The third kappa shape index (κ3) is 3.45. The molecule has 4 nitrogen and oxygen atoms in total. The number of benzene rings is 1. The lowest BCUT2D eigenvalue weighted by Gasteiger charge is -2.08. The summed E-state index contributed by atoms with van der Waals surface area (Å²) in [5.41, 5.74) is 6.24. The van der Waals surface area contributed by atoms with Crippen molar-refractivity contribution in [2.45, 2.75) is 12.5 Å². The lowest BCUT2D eigenvalue weighted by atomic mass is 10.1. The highest BCUT2D eigenvalue weighted by atomic mass is 127. The van der Waals surface area contributed by atoms with Gasteiger partial charge in [0.1, 0.15) is 11.8 Å². The molecule has 4 N–H and O–H groups in total. The number of rotatable bonds is 3. The van der Waals surface area contributed by atoms with E-state index in [1.165, 1.54) is 0 Å². The normalized spacial score (nSPS) is 12.5. The highest BCUT2D eigenvalue weighted by molar-refractivity contribution is 14.1. The smallest absolute Gasteiger partial charge is 0.320 e. The van der Waals surface area contributed by atoms with E-state index in [1.807, 2.05) is 45.2 Å². The van der Waals surface area contributed by atoms with Gasteiger partial charge in [-0.1, -0.05) is 0 Å². The molecule has 0 unspecified atom stereocenters. The van der Waals surface area contributed by atoms with Crippen molar-refractivity contribution in [1.82, 2.24) is 0 Å². The summed E-state index contributed by atoms with van der Waals surface area (Å²) in [6.07, 6.45) is 0.265. The predicted molar refractivity (Wildman–Crippen MR) is 72.9 cm³/mol. The van der Waals surface area contributed by atoms with E-state index in [2.05, 4.69) is 0 Å². The van der Waals surface area contributed by atoms with Crippen LogP contribution in [0.15, 0.2) is 12.1 Å². The van der Waals surface area contributed by atoms with Gasteiger partial charge in [-0.15, -0.1) is 0 Å². The lowest BCUT2D eigenvalue weighted by molar-refractivity contribution is -0.138.